The summed E-state index contributed by atoms with van der Waals surface area (Å²) in [5.41, 5.74) is 5.78. The summed E-state index contributed by atoms with van der Waals surface area (Å²) in [7, 11) is 1.37. The van der Waals surface area contributed by atoms with Gasteiger partial charge in [0.1, 0.15) is 11.2 Å². The first kappa shape index (κ1) is 47.5. The summed E-state index contributed by atoms with van der Waals surface area (Å²) in [6.45, 7) is 18.5. The molecule has 4 aromatic carbocycles. The molecule has 3 unspecified atom stereocenters. The number of esters is 2. The van der Waals surface area contributed by atoms with E-state index in [9.17, 15) is 19.2 Å². The smallest absolute Gasteiger partial charge is 0.407 e. The molecule has 0 aliphatic carbocycles. The number of benzene rings is 4. The highest BCUT2D eigenvalue weighted by Crippen LogP contribution is 2.23. The van der Waals surface area contributed by atoms with Crippen LogP contribution in [0.15, 0.2) is 121 Å². The number of rotatable bonds is 15. The van der Waals surface area contributed by atoms with Crippen molar-refractivity contribution in [3.05, 3.63) is 132 Å². The van der Waals surface area contributed by atoms with Gasteiger partial charge in [-0.25, -0.2) is 14.4 Å². The Hall–Kier alpha value is -5.90. The average molecular weight is 807 g/mol. The van der Waals surface area contributed by atoms with Gasteiger partial charge in [0.2, 0.25) is 0 Å². The maximum absolute atomic E-state index is 12.3. The van der Waals surface area contributed by atoms with E-state index in [1.165, 1.54) is 7.11 Å². The van der Waals surface area contributed by atoms with E-state index < -0.39 is 29.4 Å². The summed E-state index contributed by atoms with van der Waals surface area (Å²) in [5.74, 6) is -1.07. The Kier molecular flexibility index (Phi) is 18.4. The first-order chi connectivity index (χ1) is 27.8. The minimum Gasteiger partial charge on any atom is -0.469 e. The molecule has 0 aliphatic rings. The number of methoxy groups -OCH3 is 1. The van der Waals surface area contributed by atoms with Crippen LogP contribution >= 0.6 is 0 Å². The molecule has 0 bridgehead atoms. The molecule has 0 aliphatic heterocycles. The molecule has 0 saturated carbocycles. The molecule has 2 amide bonds. The van der Waals surface area contributed by atoms with E-state index in [-0.39, 0.29) is 37.0 Å². The fourth-order valence-corrected chi connectivity index (χ4v) is 6.15. The largest absolute Gasteiger partial charge is 0.469 e. The summed E-state index contributed by atoms with van der Waals surface area (Å²) in [5, 5.41) is 5.78. The molecule has 3 atom stereocenters. The Balaban J connectivity index is 0.000000316. The van der Waals surface area contributed by atoms with Crippen molar-refractivity contribution in [3.63, 3.8) is 0 Å². The van der Waals surface area contributed by atoms with Crippen LogP contribution in [0.4, 0.5) is 9.59 Å². The van der Waals surface area contributed by atoms with E-state index in [0.29, 0.717) is 24.8 Å². The second-order valence-electron chi connectivity index (χ2n) is 16.4. The fraction of sp³-hybridized carbons (Fsp3) is 0.388. The molecule has 0 radical (unpaired) electrons. The number of ether oxygens (including phenoxy) is 4. The first-order valence-corrected chi connectivity index (χ1v) is 20.1. The van der Waals surface area contributed by atoms with Crippen molar-refractivity contribution in [1.29, 1.82) is 0 Å². The van der Waals surface area contributed by atoms with Crippen molar-refractivity contribution in [3.8, 4) is 22.3 Å². The first-order valence-electron chi connectivity index (χ1n) is 20.1. The summed E-state index contributed by atoms with van der Waals surface area (Å²) in [4.78, 5) is 48.4. The lowest BCUT2D eigenvalue weighted by atomic mass is 9.95. The molecule has 316 valence electrons. The molecule has 10 nitrogen and oxygen atoms in total. The third-order valence-corrected chi connectivity index (χ3v) is 8.83. The van der Waals surface area contributed by atoms with Crippen LogP contribution < -0.4 is 10.6 Å². The van der Waals surface area contributed by atoms with E-state index in [2.05, 4.69) is 77.9 Å². The second-order valence-corrected chi connectivity index (χ2v) is 16.4. The predicted octanol–water partition coefficient (Wildman–Crippen LogP) is 10.3. The molecule has 59 heavy (non-hydrogen) atoms. The molecule has 0 aromatic heterocycles. The van der Waals surface area contributed by atoms with Crippen LogP contribution in [0, 0.1) is 5.92 Å². The maximum Gasteiger partial charge on any atom is 0.407 e. The molecular formula is C49H62N2O8. The SMILES string of the molecule is C=C(CC(Cc1ccc(-c2ccccc2)cc1)NC(=O)OC(C)(C)C)C(=O)OCC.COC(=O)C(C)CC(Cc1ccc(-c2ccccc2)cc1)NC(=O)OC(C)(C)C. The molecular weight excluding hydrogens is 745 g/mol. The van der Waals surface area contributed by atoms with Gasteiger partial charge in [0, 0.05) is 17.7 Å². The van der Waals surface area contributed by atoms with Crippen molar-refractivity contribution < 1.29 is 38.1 Å². The van der Waals surface area contributed by atoms with Crippen LogP contribution in [0.5, 0.6) is 0 Å². The van der Waals surface area contributed by atoms with E-state index in [4.69, 9.17) is 18.9 Å². The minimum absolute atomic E-state index is 0.249. The van der Waals surface area contributed by atoms with Crippen molar-refractivity contribution in [2.75, 3.05) is 13.7 Å². The van der Waals surface area contributed by atoms with E-state index in [0.717, 1.165) is 33.4 Å². The topological polar surface area (TPSA) is 129 Å². The zero-order valence-electron chi connectivity index (χ0n) is 36.1. The summed E-state index contributed by atoms with van der Waals surface area (Å²) >= 11 is 0. The van der Waals surface area contributed by atoms with Crippen molar-refractivity contribution in [2.45, 2.75) is 104 Å². The highest BCUT2D eigenvalue weighted by Gasteiger charge is 2.25. The lowest BCUT2D eigenvalue weighted by Crippen LogP contribution is -2.41. The van der Waals surface area contributed by atoms with Crippen molar-refractivity contribution in [1.82, 2.24) is 10.6 Å². The zero-order chi connectivity index (χ0) is 43.6. The Morgan fingerprint density at radius 2 is 1.00 bits per heavy atom. The monoisotopic (exact) mass is 806 g/mol. The Bertz CT molecular complexity index is 1930. The average Bonchev–Trinajstić information content (AvgIpc) is 3.17. The lowest BCUT2D eigenvalue weighted by molar-refractivity contribution is -0.145. The van der Waals surface area contributed by atoms with Gasteiger partial charge in [-0.3, -0.25) is 4.79 Å². The van der Waals surface area contributed by atoms with E-state index in [1.54, 1.807) is 34.6 Å². The maximum atomic E-state index is 12.3. The molecule has 4 aromatic rings. The Morgan fingerprint density at radius 3 is 1.39 bits per heavy atom. The van der Waals surface area contributed by atoms with Gasteiger partial charge in [0.15, 0.2) is 0 Å². The third kappa shape index (κ3) is 18.1. The Labute approximate surface area is 350 Å². The summed E-state index contributed by atoms with van der Waals surface area (Å²) < 4.78 is 20.6. The number of amides is 2. The van der Waals surface area contributed by atoms with Crippen LogP contribution in [-0.2, 0) is 41.4 Å². The predicted molar refractivity (Wildman–Crippen MR) is 234 cm³/mol. The number of carbonyl (C=O) groups is 4. The van der Waals surface area contributed by atoms with Gasteiger partial charge in [0.05, 0.1) is 19.6 Å². The minimum atomic E-state index is -0.607. The fourth-order valence-electron chi connectivity index (χ4n) is 6.15. The van der Waals surface area contributed by atoms with Gasteiger partial charge in [-0.05, 0) is 108 Å². The number of hydrogen-bond donors (Lipinski definition) is 2. The quantitative estimate of drug-likeness (QED) is 0.0690. The highest BCUT2D eigenvalue weighted by atomic mass is 16.6. The van der Waals surface area contributed by atoms with Crippen molar-refractivity contribution in [2.24, 2.45) is 5.92 Å². The molecule has 0 spiro atoms. The number of alkyl carbamates (subject to hydrolysis) is 2. The van der Waals surface area contributed by atoms with E-state index in [1.807, 2.05) is 69.3 Å². The van der Waals surface area contributed by atoms with Gasteiger partial charge in [-0.15, -0.1) is 0 Å². The summed E-state index contributed by atoms with van der Waals surface area (Å²) in [6.07, 6.45) is 0.860. The zero-order valence-corrected chi connectivity index (χ0v) is 36.1. The van der Waals surface area contributed by atoms with E-state index >= 15 is 0 Å². The molecule has 0 saturated heterocycles. The highest BCUT2D eigenvalue weighted by molar-refractivity contribution is 5.88. The van der Waals surface area contributed by atoms with Crippen LogP contribution in [0.3, 0.4) is 0 Å². The van der Waals surface area contributed by atoms with Gasteiger partial charge in [-0.1, -0.05) is 123 Å². The van der Waals surface area contributed by atoms with Crippen LogP contribution in [-0.4, -0.2) is 61.1 Å². The molecule has 2 N–H and O–H groups in total. The van der Waals surface area contributed by atoms with Gasteiger partial charge in [0.25, 0.3) is 0 Å². The normalized spacial score (nSPS) is 12.6. The molecule has 0 fully saturated rings. The van der Waals surface area contributed by atoms with Gasteiger partial charge in [-0.2, -0.15) is 0 Å². The number of nitrogens with one attached hydrogen (secondary N) is 2. The van der Waals surface area contributed by atoms with Crippen molar-refractivity contribution >= 4 is 24.1 Å². The molecule has 4 rings (SSSR count). The van der Waals surface area contributed by atoms with Crippen LogP contribution in [0.2, 0.25) is 0 Å². The third-order valence-electron chi connectivity index (χ3n) is 8.83. The molecule has 10 heteroatoms. The van der Waals surface area contributed by atoms with Crippen LogP contribution in [0.1, 0.15) is 79.4 Å². The number of carbonyl (C=O) groups excluding carboxylic acids is 4. The number of hydrogen-bond acceptors (Lipinski definition) is 8. The Morgan fingerprint density at radius 1 is 0.610 bits per heavy atom. The lowest BCUT2D eigenvalue weighted by Gasteiger charge is -2.25. The summed E-state index contributed by atoms with van der Waals surface area (Å²) in [6, 6.07) is 36.1. The van der Waals surface area contributed by atoms with Gasteiger partial charge < -0.3 is 29.6 Å². The van der Waals surface area contributed by atoms with Gasteiger partial charge >= 0.3 is 24.1 Å². The van der Waals surface area contributed by atoms with Crippen LogP contribution in [0.25, 0.3) is 22.3 Å². The standard InChI is InChI=1S/C25H31NO4.C24H31NO4/c1-6-29-23(27)18(2)16-22(26-24(28)30-25(3,4)5)17-19-12-14-21(15-13-19)20-10-8-7-9-11-20;1-17(22(26)28-5)15-21(25-23(27)29-24(2,3)4)16-18-11-13-20(14-12-18)19-9-7-6-8-10-19/h7-15,22H,2,6,16-17H2,1,3-5H3,(H,26,28);6-14,17,21H,15-16H2,1-5H3,(H,25,27). The molecule has 0 heterocycles. The second kappa shape index (κ2) is 22.9.